The van der Waals surface area contributed by atoms with Crippen molar-refractivity contribution in [2.45, 2.75) is 38.4 Å². The van der Waals surface area contributed by atoms with Crippen LogP contribution in [0.4, 0.5) is 13.2 Å². The van der Waals surface area contributed by atoms with Crippen LogP contribution in [0.3, 0.4) is 0 Å². The molecule has 1 amide bonds. The second kappa shape index (κ2) is 8.17. The standard InChI is InChI=1S/C20H20F3N5OS/c1-2-27-12-24-10-15(27)19(29)28-7-3-5-13(11-28)18-25-14(16-6-4-8-30-16)9-17(26-18)20(21,22)23/h4,6,8-10,12-13H,2-3,5,7,11H2,1H3/t13-/m0/s1. The molecule has 158 valence electrons. The molecule has 0 N–H and O–H groups in total. The minimum atomic E-state index is -4.57. The van der Waals surface area contributed by atoms with E-state index in [0.29, 0.717) is 36.5 Å². The Labute approximate surface area is 175 Å². The van der Waals surface area contributed by atoms with Gasteiger partial charge in [-0.25, -0.2) is 15.0 Å². The number of rotatable bonds is 4. The number of halogens is 3. The Bertz CT molecular complexity index is 1030. The largest absolute Gasteiger partial charge is 0.433 e. The maximum Gasteiger partial charge on any atom is 0.433 e. The molecule has 4 rings (SSSR count). The Morgan fingerprint density at radius 1 is 1.33 bits per heavy atom. The molecule has 0 aliphatic carbocycles. The van der Waals surface area contributed by atoms with Crippen LogP contribution >= 0.6 is 11.3 Å². The molecule has 1 fully saturated rings. The summed E-state index contributed by atoms with van der Waals surface area (Å²) in [7, 11) is 0. The lowest BCUT2D eigenvalue weighted by Crippen LogP contribution is -2.40. The van der Waals surface area contributed by atoms with Crippen LogP contribution in [0, 0.1) is 0 Å². The summed E-state index contributed by atoms with van der Waals surface area (Å²) in [6, 6.07) is 4.49. The van der Waals surface area contributed by atoms with Crippen LogP contribution < -0.4 is 0 Å². The lowest BCUT2D eigenvalue weighted by molar-refractivity contribution is -0.141. The average molecular weight is 435 g/mol. The van der Waals surface area contributed by atoms with Crippen LogP contribution in [0.5, 0.6) is 0 Å². The third kappa shape index (κ3) is 4.09. The molecule has 1 atom stereocenters. The highest BCUT2D eigenvalue weighted by molar-refractivity contribution is 7.13. The van der Waals surface area contributed by atoms with E-state index in [1.54, 1.807) is 33.3 Å². The molecule has 0 unspecified atom stereocenters. The van der Waals surface area contributed by atoms with Gasteiger partial charge >= 0.3 is 6.18 Å². The molecule has 4 heterocycles. The zero-order valence-electron chi connectivity index (χ0n) is 16.3. The van der Waals surface area contributed by atoms with Gasteiger partial charge < -0.3 is 9.47 Å². The van der Waals surface area contributed by atoms with Gasteiger partial charge in [-0.05, 0) is 37.3 Å². The minimum absolute atomic E-state index is 0.134. The first-order chi connectivity index (χ1) is 14.4. The first kappa shape index (κ1) is 20.5. The normalized spacial score (nSPS) is 17.3. The van der Waals surface area contributed by atoms with Crippen molar-refractivity contribution in [2.75, 3.05) is 13.1 Å². The topological polar surface area (TPSA) is 63.9 Å². The first-order valence-electron chi connectivity index (χ1n) is 9.66. The van der Waals surface area contributed by atoms with Gasteiger partial charge in [0.25, 0.3) is 5.91 Å². The number of alkyl halides is 3. The number of hydrogen-bond donors (Lipinski definition) is 0. The summed E-state index contributed by atoms with van der Waals surface area (Å²) in [6.45, 7) is 3.35. The Hall–Kier alpha value is -2.75. The van der Waals surface area contributed by atoms with Gasteiger partial charge in [-0.2, -0.15) is 13.2 Å². The fourth-order valence-electron chi connectivity index (χ4n) is 3.63. The van der Waals surface area contributed by atoms with Crippen LogP contribution in [-0.2, 0) is 12.7 Å². The lowest BCUT2D eigenvalue weighted by atomic mass is 9.96. The molecule has 6 nitrogen and oxygen atoms in total. The van der Waals surface area contributed by atoms with Crippen LogP contribution in [0.15, 0.2) is 36.1 Å². The Morgan fingerprint density at radius 3 is 2.87 bits per heavy atom. The predicted molar refractivity (Wildman–Crippen MR) is 106 cm³/mol. The maximum atomic E-state index is 13.5. The maximum absolute atomic E-state index is 13.5. The van der Waals surface area contributed by atoms with Crippen molar-refractivity contribution in [3.05, 3.63) is 53.3 Å². The summed E-state index contributed by atoms with van der Waals surface area (Å²) in [5.74, 6) is -0.402. The first-order valence-corrected chi connectivity index (χ1v) is 10.5. The molecule has 0 radical (unpaired) electrons. The predicted octanol–water partition coefficient (Wildman–Crippen LogP) is 4.46. The number of imidazole rings is 1. The van der Waals surface area contributed by atoms with Gasteiger partial charge in [0, 0.05) is 25.6 Å². The van der Waals surface area contributed by atoms with Gasteiger partial charge in [0.15, 0.2) is 0 Å². The van der Waals surface area contributed by atoms with E-state index >= 15 is 0 Å². The zero-order chi connectivity index (χ0) is 21.3. The van der Waals surface area contributed by atoms with Crippen molar-refractivity contribution in [1.82, 2.24) is 24.4 Å². The number of aromatic nitrogens is 4. The van der Waals surface area contributed by atoms with E-state index in [-0.39, 0.29) is 29.9 Å². The molecular weight excluding hydrogens is 415 g/mol. The summed E-state index contributed by atoms with van der Waals surface area (Å²) in [6.07, 6.45) is -0.156. The summed E-state index contributed by atoms with van der Waals surface area (Å²) in [5.41, 5.74) is -0.222. The molecule has 0 bridgehead atoms. The second-order valence-corrected chi connectivity index (χ2v) is 8.07. The molecule has 0 spiro atoms. The van der Waals surface area contributed by atoms with Gasteiger partial charge in [-0.15, -0.1) is 11.3 Å². The fourth-order valence-corrected chi connectivity index (χ4v) is 4.32. The molecule has 30 heavy (non-hydrogen) atoms. The van der Waals surface area contributed by atoms with Crippen molar-refractivity contribution in [1.29, 1.82) is 0 Å². The second-order valence-electron chi connectivity index (χ2n) is 7.13. The molecule has 1 saturated heterocycles. The quantitative estimate of drug-likeness (QED) is 0.607. The van der Waals surface area contributed by atoms with Crippen LogP contribution in [-0.4, -0.2) is 43.4 Å². The van der Waals surface area contributed by atoms with Crippen molar-refractivity contribution < 1.29 is 18.0 Å². The highest BCUT2D eigenvalue weighted by atomic mass is 32.1. The Balaban J connectivity index is 1.64. The van der Waals surface area contributed by atoms with E-state index in [1.807, 2.05) is 6.92 Å². The Morgan fingerprint density at radius 2 is 2.17 bits per heavy atom. The van der Waals surface area contributed by atoms with E-state index in [4.69, 9.17) is 0 Å². The Kier molecular flexibility index (Phi) is 5.59. The summed E-state index contributed by atoms with van der Waals surface area (Å²) in [5, 5.41) is 1.79. The highest BCUT2D eigenvalue weighted by Gasteiger charge is 2.36. The van der Waals surface area contributed by atoms with Crippen molar-refractivity contribution in [3.8, 4) is 10.6 Å². The SMILES string of the molecule is CCn1cncc1C(=O)N1CCC[C@H](c2nc(-c3cccs3)cc(C(F)(F)F)n2)C1. The van der Waals surface area contributed by atoms with E-state index in [0.717, 1.165) is 6.07 Å². The van der Waals surface area contributed by atoms with Crippen LogP contribution in [0.2, 0.25) is 0 Å². The molecule has 3 aromatic rings. The van der Waals surface area contributed by atoms with E-state index in [1.165, 1.54) is 17.5 Å². The monoisotopic (exact) mass is 435 g/mol. The molecule has 1 aliphatic rings. The summed E-state index contributed by atoms with van der Waals surface area (Å²) < 4.78 is 42.2. The molecule has 10 heteroatoms. The highest BCUT2D eigenvalue weighted by Crippen LogP contribution is 2.34. The van der Waals surface area contributed by atoms with Crippen molar-refractivity contribution in [2.24, 2.45) is 0 Å². The molecule has 0 saturated carbocycles. The van der Waals surface area contributed by atoms with Gasteiger partial charge in [0.2, 0.25) is 0 Å². The number of piperidine rings is 1. The van der Waals surface area contributed by atoms with Gasteiger partial charge in [-0.1, -0.05) is 6.07 Å². The number of likely N-dealkylation sites (tertiary alicyclic amines) is 1. The van der Waals surface area contributed by atoms with Gasteiger partial charge in [0.1, 0.15) is 17.2 Å². The van der Waals surface area contributed by atoms with Gasteiger partial charge in [0.05, 0.1) is 23.1 Å². The van der Waals surface area contributed by atoms with Crippen LogP contribution in [0.1, 0.15) is 47.7 Å². The number of carbonyl (C=O) groups is 1. The summed E-state index contributed by atoms with van der Waals surface area (Å²) >= 11 is 1.33. The number of amides is 1. The van der Waals surface area contributed by atoms with E-state index in [2.05, 4.69) is 15.0 Å². The zero-order valence-corrected chi connectivity index (χ0v) is 17.1. The van der Waals surface area contributed by atoms with E-state index < -0.39 is 11.9 Å². The number of aryl methyl sites for hydroxylation is 1. The molecular formula is C20H20F3N5OS. The third-order valence-electron chi connectivity index (χ3n) is 5.15. The number of thiophene rings is 1. The summed E-state index contributed by atoms with van der Waals surface area (Å²) in [4.78, 5) is 27.6. The van der Waals surface area contributed by atoms with Crippen molar-refractivity contribution >= 4 is 17.2 Å². The minimum Gasteiger partial charge on any atom is -0.337 e. The molecule has 1 aliphatic heterocycles. The van der Waals surface area contributed by atoms with Crippen LogP contribution in [0.25, 0.3) is 10.6 Å². The molecule has 0 aromatic carbocycles. The van der Waals surface area contributed by atoms with E-state index in [9.17, 15) is 18.0 Å². The average Bonchev–Trinajstić information content (AvgIpc) is 3.44. The number of hydrogen-bond acceptors (Lipinski definition) is 5. The number of carbonyl (C=O) groups excluding carboxylic acids is 1. The number of nitrogens with zero attached hydrogens (tertiary/aromatic N) is 5. The van der Waals surface area contributed by atoms with Gasteiger partial charge in [-0.3, -0.25) is 4.79 Å². The fraction of sp³-hybridized carbons (Fsp3) is 0.400. The third-order valence-corrected chi connectivity index (χ3v) is 6.05. The smallest absolute Gasteiger partial charge is 0.337 e. The van der Waals surface area contributed by atoms with Crippen molar-refractivity contribution in [3.63, 3.8) is 0 Å². The lowest BCUT2D eigenvalue weighted by Gasteiger charge is -2.32. The molecule has 3 aromatic heterocycles.